The van der Waals surface area contributed by atoms with Crippen molar-refractivity contribution in [3.8, 4) is 0 Å². The Kier molecular flexibility index (Phi) is 3.04. The molecule has 0 aromatic heterocycles. The summed E-state index contributed by atoms with van der Waals surface area (Å²) in [7, 11) is 0. The third kappa shape index (κ3) is 2.48. The van der Waals surface area contributed by atoms with Crippen molar-refractivity contribution >= 4 is 0 Å². The fourth-order valence-electron chi connectivity index (χ4n) is 1.74. The number of benzene rings is 2. The standard InChI is InChI=1S/C14H15NO/c15-14(16,13-9-5-2-6-10-13)11-12-7-3-1-4-8-12/h1-10,16H,11,15H2/t14-/m0/s1. The molecule has 0 aliphatic heterocycles. The largest absolute Gasteiger partial charge is 0.371 e. The summed E-state index contributed by atoms with van der Waals surface area (Å²) in [6.45, 7) is 0. The van der Waals surface area contributed by atoms with E-state index in [1.165, 1.54) is 0 Å². The molecule has 0 saturated carbocycles. The molecule has 0 saturated heterocycles. The van der Waals surface area contributed by atoms with E-state index in [-0.39, 0.29) is 0 Å². The lowest BCUT2D eigenvalue weighted by atomic mass is 9.96. The molecule has 16 heavy (non-hydrogen) atoms. The molecule has 0 radical (unpaired) electrons. The van der Waals surface area contributed by atoms with Crippen molar-refractivity contribution in [2.75, 3.05) is 0 Å². The molecule has 0 bridgehead atoms. The Morgan fingerprint density at radius 2 is 1.38 bits per heavy atom. The van der Waals surface area contributed by atoms with Crippen molar-refractivity contribution in [1.29, 1.82) is 0 Å². The van der Waals surface area contributed by atoms with E-state index in [1.807, 2.05) is 60.7 Å². The summed E-state index contributed by atoms with van der Waals surface area (Å²) in [5.74, 6) is 0. The molecule has 0 aliphatic rings. The molecule has 2 aromatic carbocycles. The monoisotopic (exact) mass is 213 g/mol. The molecule has 0 amide bonds. The maximum absolute atomic E-state index is 10.2. The predicted molar refractivity (Wildman–Crippen MR) is 64.7 cm³/mol. The van der Waals surface area contributed by atoms with Crippen LogP contribution in [0.25, 0.3) is 0 Å². The topological polar surface area (TPSA) is 46.2 Å². The molecule has 0 unspecified atom stereocenters. The smallest absolute Gasteiger partial charge is 0.143 e. The average molecular weight is 213 g/mol. The first-order valence-electron chi connectivity index (χ1n) is 5.29. The summed E-state index contributed by atoms with van der Waals surface area (Å²) in [6, 6.07) is 19.1. The van der Waals surface area contributed by atoms with Crippen LogP contribution in [0.5, 0.6) is 0 Å². The van der Waals surface area contributed by atoms with Gasteiger partial charge in [0.1, 0.15) is 5.72 Å². The van der Waals surface area contributed by atoms with Crippen LogP contribution in [-0.4, -0.2) is 5.11 Å². The van der Waals surface area contributed by atoms with E-state index >= 15 is 0 Å². The van der Waals surface area contributed by atoms with E-state index in [0.29, 0.717) is 6.42 Å². The van der Waals surface area contributed by atoms with Gasteiger partial charge in [-0.05, 0) is 11.1 Å². The number of nitrogens with two attached hydrogens (primary N) is 1. The highest BCUT2D eigenvalue weighted by Crippen LogP contribution is 2.19. The van der Waals surface area contributed by atoms with Gasteiger partial charge in [-0.1, -0.05) is 60.7 Å². The zero-order valence-corrected chi connectivity index (χ0v) is 9.01. The van der Waals surface area contributed by atoms with Crippen molar-refractivity contribution < 1.29 is 5.11 Å². The molecule has 82 valence electrons. The van der Waals surface area contributed by atoms with E-state index in [0.717, 1.165) is 11.1 Å². The second kappa shape index (κ2) is 4.47. The zero-order valence-electron chi connectivity index (χ0n) is 9.01. The number of hydrogen-bond acceptors (Lipinski definition) is 2. The average Bonchev–Trinajstić information content (AvgIpc) is 2.31. The van der Waals surface area contributed by atoms with Gasteiger partial charge in [0.25, 0.3) is 0 Å². The van der Waals surface area contributed by atoms with Crippen molar-refractivity contribution in [1.82, 2.24) is 0 Å². The Bertz CT molecular complexity index is 437. The lowest BCUT2D eigenvalue weighted by Gasteiger charge is -2.23. The summed E-state index contributed by atoms with van der Waals surface area (Å²) < 4.78 is 0. The summed E-state index contributed by atoms with van der Waals surface area (Å²) >= 11 is 0. The van der Waals surface area contributed by atoms with Crippen LogP contribution in [0.3, 0.4) is 0 Å². The lowest BCUT2D eigenvalue weighted by Crippen LogP contribution is -2.38. The second-order valence-corrected chi connectivity index (χ2v) is 3.95. The lowest BCUT2D eigenvalue weighted by molar-refractivity contribution is 0.0439. The Hall–Kier alpha value is -1.64. The van der Waals surface area contributed by atoms with Gasteiger partial charge < -0.3 is 5.11 Å². The van der Waals surface area contributed by atoms with Crippen LogP contribution < -0.4 is 5.73 Å². The molecule has 2 rings (SSSR count). The fraction of sp³-hybridized carbons (Fsp3) is 0.143. The van der Waals surface area contributed by atoms with Gasteiger partial charge in [-0.3, -0.25) is 5.73 Å². The molecule has 0 aliphatic carbocycles. The third-order valence-corrected chi connectivity index (χ3v) is 2.59. The van der Waals surface area contributed by atoms with Crippen LogP contribution in [0.4, 0.5) is 0 Å². The first-order valence-corrected chi connectivity index (χ1v) is 5.29. The van der Waals surface area contributed by atoms with Crippen LogP contribution in [0, 0.1) is 0 Å². The van der Waals surface area contributed by atoms with Gasteiger partial charge in [0.05, 0.1) is 0 Å². The van der Waals surface area contributed by atoms with E-state index in [9.17, 15) is 5.11 Å². The van der Waals surface area contributed by atoms with Gasteiger partial charge in [-0.15, -0.1) is 0 Å². The van der Waals surface area contributed by atoms with Crippen LogP contribution in [0.15, 0.2) is 60.7 Å². The number of aliphatic hydroxyl groups is 1. The highest BCUT2D eigenvalue weighted by molar-refractivity contribution is 5.25. The third-order valence-electron chi connectivity index (χ3n) is 2.59. The van der Waals surface area contributed by atoms with Gasteiger partial charge in [0.15, 0.2) is 0 Å². The highest BCUT2D eigenvalue weighted by Gasteiger charge is 2.23. The zero-order chi connectivity index (χ0) is 11.4. The summed E-state index contributed by atoms with van der Waals surface area (Å²) in [4.78, 5) is 0. The molecular formula is C14H15NO. The van der Waals surface area contributed by atoms with Crippen LogP contribution in [-0.2, 0) is 12.1 Å². The molecule has 0 heterocycles. The maximum atomic E-state index is 10.2. The molecule has 1 atom stereocenters. The molecule has 2 heteroatoms. The van der Waals surface area contributed by atoms with Gasteiger partial charge >= 0.3 is 0 Å². The first-order chi connectivity index (χ1) is 7.68. The Balaban J connectivity index is 2.21. The molecule has 0 spiro atoms. The first kappa shape index (κ1) is 10.9. The Labute approximate surface area is 95.4 Å². The fourth-order valence-corrected chi connectivity index (χ4v) is 1.74. The second-order valence-electron chi connectivity index (χ2n) is 3.95. The van der Waals surface area contributed by atoms with Crippen LogP contribution in [0.2, 0.25) is 0 Å². The van der Waals surface area contributed by atoms with Crippen molar-refractivity contribution in [2.45, 2.75) is 12.1 Å². The van der Waals surface area contributed by atoms with Gasteiger partial charge in [0, 0.05) is 6.42 Å². The van der Waals surface area contributed by atoms with Crippen molar-refractivity contribution in [3.05, 3.63) is 71.8 Å². The SMILES string of the molecule is N[C@](O)(Cc1ccccc1)c1ccccc1. The molecule has 2 nitrogen and oxygen atoms in total. The quantitative estimate of drug-likeness (QED) is 0.766. The van der Waals surface area contributed by atoms with E-state index in [1.54, 1.807) is 0 Å². The van der Waals surface area contributed by atoms with Crippen LogP contribution in [0.1, 0.15) is 11.1 Å². The summed E-state index contributed by atoms with van der Waals surface area (Å²) in [5, 5.41) is 10.2. The van der Waals surface area contributed by atoms with E-state index in [4.69, 9.17) is 5.73 Å². The van der Waals surface area contributed by atoms with Gasteiger partial charge in [-0.25, -0.2) is 0 Å². The molecule has 3 N–H and O–H groups in total. The molecule has 2 aromatic rings. The van der Waals surface area contributed by atoms with Crippen molar-refractivity contribution in [2.24, 2.45) is 5.73 Å². The highest BCUT2D eigenvalue weighted by atomic mass is 16.3. The summed E-state index contributed by atoms with van der Waals surface area (Å²) in [6.07, 6.45) is 0.415. The van der Waals surface area contributed by atoms with Gasteiger partial charge in [-0.2, -0.15) is 0 Å². The predicted octanol–water partition coefficient (Wildman–Crippen LogP) is 2.03. The minimum atomic E-state index is -1.30. The minimum absolute atomic E-state index is 0.415. The van der Waals surface area contributed by atoms with Crippen molar-refractivity contribution in [3.63, 3.8) is 0 Å². The Morgan fingerprint density at radius 1 is 0.875 bits per heavy atom. The maximum Gasteiger partial charge on any atom is 0.143 e. The van der Waals surface area contributed by atoms with Crippen LogP contribution >= 0.6 is 0 Å². The van der Waals surface area contributed by atoms with Gasteiger partial charge in [0.2, 0.25) is 0 Å². The normalized spacial score (nSPS) is 14.4. The Morgan fingerprint density at radius 3 is 1.94 bits per heavy atom. The molecule has 0 fully saturated rings. The number of hydrogen-bond donors (Lipinski definition) is 2. The summed E-state index contributed by atoms with van der Waals surface area (Å²) in [5.41, 5.74) is 6.38. The number of rotatable bonds is 3. The molecular weight excluding hydrogens is 198 g/mol. The van der Waals surface area contributed by atoms with E-state index in [2.05, 4.69) is 0 Å². The van der Waals surface area contributed by atoms with E-state index < -0.39 is 5.72 Å². The minimum Gasteiger partial charge on any atom is -0.371 e.